The lowest BCUT2D eigenvalue weighted by Crippen LogP contribution is -2.21. The third-order valence-electron chi connectivity index (χ3n) is 3.87. The summed E-state index contributed by atoms with van der Waals surface area (Å²) in [5.41, 5.74) is 3.05. The second-order valence-electron chi connectivity index (χ2n) is 5.70. The van der Waals surface area contributed by atoms with Gasteiger partial charge >= 0.3 is 11.9 Å². The fourth-order valence-corrected chi connectivity index (χ4v) is 2.28. The summed E-state index contributed by atoms with van der Waals surface area (Å²) < 4.78 is 9.69. The van der Waals surface area contributed by atoms with Crippen molar-refractivity contribution in [2.75, 3.05) is 19.0 Å². The molecule has 1 amide bonds. The number of esters is 2. The predicted octanol–water partition coefficient (Wildman–Crippen LogP) is 3.14. The van der Waals surface area contributed by atoms with E-state index in [-0.39, 0.29) is 0 Å². The summed E-state index contributed by atoms with van der Waals surface area (Å²) in [5.74, 6) is -1.56. The summed E-state index contributed by atoms with van der Waals surface area (Å²) >= 11 is 0. The molecule has 136 valence electrons. The Balaban J connectivity index is 1.96. The van der Waals surface area contributed by atoms with Gasteiger partial charge in [0.2, 0.25) is 0 Å². The van der Waals surface area contributed by atoms with Crippen LogP contribution in [0.4, 0.5) is 5.69 Å². The van der Waals surface area contributed by atoms with E-state index in [0.29, 0.717) is 16.8 Å². The smallest absolute Gasteiger partial charge is 0.338 e. The standard InChI is InChI=1S/C20H21NO5/c1-4-14-6-9-15(10-7-14)20(24)26-12-18(22)21-17-11-16(19(23)25-3)8-5-13(17)2/h5-11H,4,12H2,1-3H3,(H,21,22). The molecule has 0 spiro atoms. The van der Waals surface area contributed by atoms with Crippen LogP contribution in [0.25, 0.3) is 0 Å². The van der Waals surface area contributed by atoms with E-state index in [1.807, 2.05) is 19.1 Å². The maximum Gasteiger partial charge on any atom is 0.338 e. The summed E-state index contributed by atoms with van der Waals surface area (Å²) in [6, 6.07) is 11.9. The van der Waals surface area contributed by atoms with Crippen LogP contribution in [-0.2, 0) is 20.7 Å². The molecule has 0 bridgehead atoms. The number of nitrogens with one attached hydrogen (secondary N) is 1. The van der Waals surface area contributed by atoms with E-state index in [0.717, 1.165) is 17.5 Å². The van der Waals surface area contributed by atoms with Gasteiger partial charge in [-0.15, -0.1) is 0 Å². The first-order chi connectivity index (χ1) is 12.4. The lowest BCUT2D eigenvalue weighted by molar-refractivity contribution is -0.119. The quantitative estimate of drug-likeness (QED) is 0.805. The van der Waals surface area contributed by atoms with E-state index in [2.05, 4.69) is 10.1 Å². The Morgan fingerprint density at radius 3 is 2.23 bits per heavy atom. The van der Waals surface area contributed by atoms with Crippen LogP contribution in [-0.4, -0.2) is 31.6 Å². The minimum absolute atomic E-state index is 0.321. The minimum atomic E-state index is -0.567. The van der Waals surface area contributed by atoms with Crippen molar-refractivity contribution in [2.45, 2.75) is 20.3 Å². The monoisotopic (exact) mass is 355 g/mol. The van der Waals surface area contributed by atoms with Crippen LogP contribution >= 0.6 is 0 Å². The Hall–Kier alpha value is -3.15. The zero-order valence-electron chi connectivity index (χ0n) is 15.0. The van der Waals surface area contributed by atoms with Crippen molar-refractivity contribution in [1.82, 2.24) is 0 Å². The molecule has 0 aromatic heterocycles. The number of rotatable bonds is 6. The van der Waals surface area contributed by atoms with Gasteiger partial charge in [-0.2, -0.15) is 0 Å². The van der Waals surface area contributed by atoms with Gasteiger partial charge < -0.3 is 14.8 Å². The molecule has 2 aromatic carbocycles. The average Bonchev–Trinajstić information content (AvgIpc) is 2.67. The van der Waals surface area contributed by atoms with Crippen LogP contribution in [0, 0.1) is 6.92 Å². The van der Waals surface area contributed by atoms with Gasteiger partial charge in [-0.3, -0.25) is 4.79 Å². The number of hydrogen-bond donors (Lipinski definition) is 1. The van der Waals surface area contributed by atoms with Crippen LogP contribution in [0.3, 0.4) is 0 Å². The van der Waals surface area contributed by atoms with Crippen molar-refractivity contribution in [3.63, 3.8) is 0 Å². The van der Waals surface area contributed by atoms with Gasteiger partial charge in [-0.05, 0) is 48.7 Å². The average molecular weight is 355 g/mol. The molecule has 2 aromatic rings. The highest BCUT2D eigenvalue weighted by atomic mass is 16.5. The molecular weight excluding hydrogens is 334 g/mol. The molecule has 0 atom stereocenters. The summed E-state index contributed by atoms with van der Waals surface area (Å²) in [6.07, 6.45) is 0.877. The number of benzene rings is 2. The molecule has 0 fully saturated rings. The number of carbonyl (C=O) groups excluding carboxylic acids is 3. The van der Waals surface area contributed by atoms with E-state index in [1.54, 1.807) is 31.2 Å². The lowest BCUT2D eigenvalue weighted by atomic mass is 10.1. The normalized spacial score (nSPS) is 10.1. The predicted molar refractivity (Wildman–Crippen MR) is 97.3 cm³/mol. The van der Waals surface area contributed by atoms with Gasteiger partial charge in [-0.25, -0.2) is 9.59 Å². The Bertz CT molecular complexity index is 811. The topological polar surface area (TPSA) is 81.7 Å². The molecule has 6 nitrogen and oxygen atoms in total. The largest absolute Gasteiger partial charge is 0.465 e. The molecule has 0 aliphatic carbocycles. The summed E-state index contributed by atoms with van der Waals surface area (Å²) in [5, 5.41) is 2.63. The van der Waals surface area contributed by atoms with Crippen molar-refractivity contribution in [2.24, 2.45) is 0 Å². The lowest BCUT2D eigenvalue weighted by Gasteiger charge is -2.10. The molecule has 0 aliphatic heterocycles. The van der Waals surface area contributed by atoms with E-state index in [9.17, 15) is 14.4 Å². The van der Waals surface area contributed by atoms with Crippen LogP contribution in [0.15, 0.2) is 42.5 Å². The highest BCUT2D eigenvalue weighted by molar-refractivity contribution is 5.97. The maximum absolute atomic E-state index is 12.0. The molecule has 0 radical (unpaired) electrons. The summed E-state index contributed by atoms with van der Waals surface area (Å²) in [4.78, 5) is 35.6. The molecule has 0 heterocycles. The number of methoxy groups -OCH3 is 1. The molecule has 6 heteroatoms. The van der Waals surface area contributed by atoms with Crippen molar-refractivity contribution in [1.29, 1.82) is 0 Å². The van der Waals surface area contributed by atoms with Gasteiger partial charge in [0, 0.05) is 5.69 Å². The maximum atomic E-state index is 12.0. The van der Waals surface area contributed by atoms with Crippen molar-refractivity contribution >= 4 is 23.5 Å². The Morgan fingerprint density at radius 1 is 0.962 bits per heavy atom. The molecule has 26 heavy (non-hydrogen) atoms. The number of aryl methyl sites for hydroxylation is 2. The highest BCUT2D eigenvalue weighted by Gasteiger charge is 2.13. The van der Waals surface area contributed by atoms with E-state index < -0.39 is 24.5 Å². The van der Waals surface area contributed by atoms with E-state index in [1.165, 1.54) is 13.2 Å². The zero-order chi connectivity index (χ0) is 19.1. The molecule has 2 rings (SSSR count). The first kappa shape index (κ1) is 19.2. The Kier molecular flexibility index (Phi) is 6.49. The zero-order valence-corrected chi connectivity index (χ0v) is 15.0. The van der Waals surface area contributed by atoms with Crippen LogP contribution in [0.2, 0.25) is 0 Å². The molecular formula is C20H21NO5. The van der Waals surface area contributed by atoms with E-state index in [4.69, 9.17) is 4.74 Å². The third kappa shape index (κ3) is 4.92. The van der Waals surface area contributed by atoms with Crippen LogP contribution in [0.5, 0.6) is 0 Å². The number of anilines is 1. The SMILES string of the molecule is CCc1ccc(C(=O)OCC(=O)Nc2cc(C(=O)OC)ccc2C)cc1. The number of amides is 1. The first-order valence-electron chi connectivity index (χ1n) is 8.19. The first-order valence-corrected chi connectivity index (χ1v) is 8.19. The number of hydrogen-bond acceptors (Lipinski definition) is 5. The fourth-order valence-electron chi connectivity index (χ4n) is 2.28. The summed E-state index contributed by atoms with van der Waals surface area (Å²) in [7, 11) is 1.28. The van der Waals surface area contributed by atoms with Gasteiger partial charge in [-0.1, -0.05) is 25.1 Å². The number of ether oxygens (including phenoxy) is 2. The molecule has 0 saturated heterocycles. The third-order valence-corrected chi connectivity index (χ3v) is 3.87. The van der Waals surface area contributed by atoms with Crippen LogP contribution < -0.4 is 5.32 Å². The van der Waals surface area contributed by atoms with Gasteiger partial charge in [0.1, 0.15) is 0 Å². The second kappa shape index (κ2) is 8.80. The Morgan fingerprint density at radius 2 is 1.62 bits per heavy atom. The molecule has 0 unspecified atom stereocenters. The fraction of sp³-hybridized carbons (Fsp3) is 0.250. The van der Waals surface area contributed by atoms with Gasteiger partial charge in [0.25, 0.3) is 5.91 Å². The summed E-state index contributed by atoms with van der Waals surface area (Å²) in [6.45, 7) is 3.39. The number of carbonyl (C=O) groups is 3. The highest BCUT2D eigenvalue weighted by Crippen LogP contribution is 2.17. The van der Waals surface area contributed by atoms with Crippen molar-refractivity contribution < 1.29 is 23.9 Å². The molecule has 1 N–H and O–H groups in total. The van der Waals surface area contributed by atoms with Crippen molar-refractivity contribution in [3.8, 4) is 0 Å². The molecule has 0 saturated carbocycles. The van der Waals surface area contributed by atoms with Crippen LogP contribution in [0.1, 0.15) is 38.8 Å². The molecule has 0 aliphatic rings. The second-order valence-corrected chi connectivity index (χ2v) is 5.70. The van der Waals surface area contributed by atoms with E-state index >= 15 is 0 Å². The van der Waals surface area contributed by atoms with Gasteiger partial charge in [0.15, 0.2) is 6.61 Å². The van der Waals surface area contributed by atoms with Gasteiger partial charge in [0.05, 0.1) is 18.2 Å². The Labute approximate surface area is 152 Å². The minimum Gasteiger partial charge on any atom is -0.465 e. The van der Waals surface area contributed by atoms with Crippen molar-refractivity contribution in [3.05, 3.63) is 64.7 Å².